The molecule has 110 valence electrons. The summed E-state index contributed by atoms with van der Waals surface area (Å²) in [5.41, 5.74) is 0.425. The Morgan fingerprint density at radius 1 is 1.45 bits per heavy atom. The Bertz CT molecular complexity index is 508. The van der Waals surface area contributed by atoms with Crippen molar-refractivity contribution < 1.29 is 9.90 Å². The van der Waals surface area contributed by atoms with Gasteiger partial charge in [0, 0.05) is 24.2 Å². The number of hydrogen-bond donors (Lipinski definition) is 1. The molecule has 2 atom stereocenters. The molecule has 1 N–H and O–H groups in total. The minimum Gasteiger partial charge on any atom is -0.391 e. The van der Waals surface area contributed by atoms with E-state index < -0.39 is 6.10 Å². The van der Waals surface area contributed by atoms with Gasteiger partial charge in [-0.2, -0.15) is 0 Å². The van der Waals surface area contributed by atoms with E-state index >= 15 is 0 Å². The highest BCUT2D eigenvalue weighted by Crippen LogP contribution is 2.26. The molecule has 1 amide bonds. The van der Waals surface area contributed by atoms with Crippen LogP contribution < -0.4 is 0 Å². The zero-order chi connectivity index (χ0) is 14.9. The van der Waals surface area contributed by atoms with Crippen LogP contribution in [0.15, 0.2) is 18.2 Å². The molecule has 0 aliphatic carbocycles. The average molecular weight is 317 g/mol. The first-order chi connectivity index (χ1) is 9.38. The fourth-order valence-corrected chi connectivity index (χ4v) is 3.04. The van der Waals surface area contributed by atoms with Crippen LogP contribution in [0.25, 0.3) is 0 Å². The van der Waals surface area contributed by atoms with Crippen molar-refractivity contribution in [2.24, 2.45) is 0 Å². The standard InChI is InChI=1S/C14H18Cl2N2O2/c1-17(2)7-10-6-11(19)8-18(10)14(20)12-4-3-9(15)5-13(12)16/h3-5,10-11,19H,6-8H2,1-2H3. The minimum atomic E-state index is -0.477. The Hall–Kier alpha value is -0.810. The summed E-state index contributed by atoms with van der Waals surface area (Å²) in [6.07, 6.45) is 0.116. The number of benzene rings is 1. The number of carbonyl (C=O) groups is 1. The second-order valence-electron chi connectivity index (χ2n) is 5.39. The van der Waals surface area contributed by atoms with Gasteiger partial charge in [0.2, 0.25) is 0 Å². The number of aliphatic hydroxyl groups excluding tert-OH is 1. The van der Waals surface area contributed by atoms with Crippen LogP contribution in [0.1, 0.15) is 16.8 Å². The van der Waals surface area contributed by atoms with Gasteiger partial charge < -0.3 is 14.9 Å². The molecule has 2 rings (SSSR count). The van der Waals surface area contributed by atoms with Crippen LogP contribution >= 0.6 is 23.2 Å². The smallest absolute Gasteiger partial charge is 0.255 e. The van der Waals surface area contributed by atoms with Gasteiger partial charge in [-0.25, -0.2) is 0 Å². The summed E-state index contributed by atoms with van der Waals surface area (Å²) in [6, 6.07) is 4.83. The van der Waals surface area contributed by atoms with Crippen molar-refractivity contribution in [2.75, 3.05) is 27.2 Å². The Balaban J connectivity index is 2.22. The number of hydrogen-bond acceptors (Lipinski definition) is 3. The molecule has 1 fully saturated rings. The highest BCUT2D eigenvalue weighted by atomic mass is 35.5. The summed E-state index contributed by atoms with van der Waals surface area (Å²) in [4.78, 5) is 16.3. The van der Waals surface area contributed by atoms with Gasteiger partial charge in [-0.3, -0.25) is 4.79 Å². The number of rotatable bonds is 3. The zero-order valence-electron chi connectivity index (χ0n) is 11.5. The van der Waals surface area contributed by atoms with Crippen LogP contribution in [0, 0.1) is 0 Å². The van der Waals surface area contributed by atoms with Crippen molar-refractivity contribution in [1.29, 1.82) is 0 Å². The van der Waals surface area contributed by atoms with Gasteiger partial charge in [0.25, 0.3) is 5.91 Å². The van der Waals surface area contributed by atoms with Crippen LogP contribution in [0.5, 0.6) is 0 Å². The lowest BCUT2D eigenvalue weighted by atomic mass is 10.1. The largest absolute Gasteiger partial charge is 0.391 e. The predicted molar refractivity (Wildman–Crippen MR) is 80.5 cm³/mol. The third-order valence-electron chi connectivity index (χ3n) is 3.39. The number of likely N-dealkylation sites (tertiary alicyclic amines) is 1. The molecule has 6 heteroatoms. The lowest BCUT2D eigenvalue weighted by Gasteiger charge is -2.27. The van der Waals surface area contributed by atoms with Gasteiger partial charge in [-0.05, 0) is 38.7 Å². The molecule has 0 bridgehead atoms. The van der Waals surface area contributed by atoms with Crippen molar-refractivity contribution in [3.05, 3.63) is 33.8 Å². The maximum Gasteiger partial charge on any atom is 0.255 e. The highest BCUT2D eigenvalue weighted by molar-refractivity contribution is 6.36. The second-order valence-corrected chi connectivity index (χ2v) is 6.23. The molecule has 4 nitrogen and oxygen atoms in total. The van der Waals surface area contributed by atoms with Crippen LogP contribution in [-0.2, 0) is 0 Å². The van der Waals surface area contributed by atoms with Crippen molar-refractivity contribution in [3.63, 3.8) is 0 Å². The van der Waals surface area contributed by atoms with Crippen molar-refractivity contribution in [3.8, 4) is 0 Å². The Labute approximate surface area is 128 Å². The van der Waals surface area contributed by atoms with Gasteiger partial charge in [0.1, 0.15) is 0 Å². The Morgan fingerprint density at radius 2 is 2.15 bits per heavy atom. The lowest BCUT2D eigenvalue weighted by Crippen LogP contribution is -2.41. The summed E-state index contributed by atoms with van der Waals surface area (Å²) >= 11 is 11.9. The third-order valence-corrected chi connectivity index (χ3v) is 3.94. The molecular formula is C14H18Cl2N2O2. The van der Waals surface area contributed by atoms with Gasteiger partial charge >= 0.3 is 0 Å². The lowest BCUT2D eigenvalue weighted by molar-refractivity contribution is 0.0699. The molecule has 1 aromatic rings. The maximum atomic E-state index is 12.6. The van der Waals surface area contributed by atoms with E-state index in [0.717, 1.165) is 0 Å². The molecule has 0 aromatic heterocycles. The third kappa shape index (κ3) is 3.44. The van der Waals surface area contributed by atoms with E-state index in [1.807, 2.05) is 19.0 Å². The fourth-order valence-electron chi connectivity index (χ4n) is 2.55. The van der Waals surface area contributed by atoms with E-state index in [-0.39, 0.29) is 11.9 Å². The second kappa shape index (κ2) is 6.31. The summed E-state index contributed by atoms with van der Waals surface area (Å²) in [5, 5.41) is 10.7. The summed E-state index contributed by atoms with van der Waals surface area (Å²) in [7, 11) is 3.89. The monoisotopic (exact) mass is 316 g/mol. The average Bonchev–Trinajstić information content (AvgIpc) is 2.68. The van der Waals surface area contributed by atoms with Crippen molar-refractivity contribution in [2.45, 2.75) is 18.6 Å². The first-order valence-corrected chi connectivity index (χ1v) is 7.23. The SMILES string of the molecule is CN(C)CC1CC(O)CN1C(=O)c1ccc(Cl)cc1Cl. The van der Waals surface area contributed by atoms with Crippen LogP contribution in [0.2, 0.25) is 10.0 Å². The van der Waals surface area contributed by atoms with E-state index in [1.165, 1.54) is 0 Å². The van der Waals surface area contributed by atoms with Gasteiger partial charge in [-0.1, -0.05) is 23.2 Å². The van der Waals surface area contributed by atoms with Crippen molar-refractivity contribution >= 4 is 29.1 Å². The van der Waals surface area contributed by atoms with Gasteiger partial charge in [-0.15, -0.1) is 0 Å². The number of aliphatic hydroxyl groups is 1. The molecule has 1 aliphatic heterocycles. The molecule has 0 saturated carbocycles. The van der Waals surface area contributed by atoms with E-state index in [2.05, 4.69) is 0 Å². The van der Waals surface area contributed by atoms with E-state index in [0.29, 0.717) is 35.1 Å². The number of halogens is 2. The number of β-amino-alcohol motifs (C(OH)–C–C–N with tert-alkyl or cyclic N) is 1. The Kier molecular flexibility index (Phi) is 4.91. The number of likely N-dealkylation sites (N-methyl/N-ethyl adjacent to an activating group) is 1. The van der Waals surface area contributed by atoms with E-state index in [1.54, 1.807) is 23.1 Å². The first kappa shape index (κ1) is 15.6. The highest BCUT2D eigenvalue weighted by Gasteiger charge is 2.35. The van der Waals surface area contributed by atoms with Crippen LogP contribution in [0.3, 0.4) is 0 Å². The molecule has 1 heterocycles. The van der Waals surface area contributed by atoms with Crippen molar-refractivity contribution in [1.82, 2.24) is 9.80 Å². The predicted octanol–water partition coefficient (Wildman–Crippen LogP) is 2.13. The molecule has 1 aromatic carbocycles. The first-order valence-electron chi connectivity index (χ1n) is 6.47. The number of carbonyl (C=O) groups excluding carboxylic acids is 1. The van der Waals surface area contributed by atoms with Gasteiger partial charge in [0.15, 0.2) is 0 Å². The zero-order valence-corrected chi connectivity index (χ0v) is 13.0. The molecule has 1 aliphatic rings. The fraction of sp³-hybridized carbons (Fsp3) is 0.500. The molecule has 1 saturated heterocycles. The summed E-state index contributed by atoms with van der Waals surface area (Å²) in [5.74, 6) is -0.157. The van der Waals surface area contributed by atoms with Crippen LogP contribution in [0.4, 0.5) is 0 Å². The molecular weight excluding hydrogens is 299 g/mol. The minimum absolute atomic E-state index is 0.000699. The number of nitrogens with zero attached hydrogens (tertiary/aromatic N) is 2. The molecule has 20 heavy (non-hydrogen) atoms. The normalized spacial score (nSPS) is 22.6. The van der Waals surface area contributed by atoms with E-state index in [4.69, 9.17) is 23.2 Å². The molecule has 0 radical (unpaired) electrons. The number of amides is 1. The molecule has 2 unspecified atom stereocenters. The summed E-state index contributed by atoms with van der Waals surface area (Å²) in [6.45, 7) is 1.06. The summed E-state index contributed by atoms with van der Waals surface area (Å²) < 4.78 is 0. The Morgan fingerprint density at radius 3 is 2.75 bits per heavy atom. The topological polar surface area (TPSA) is 43.8 Å². The maximum absolute atomic E-state index is 12.6. The quantitative estimate of drug-likeness (QED) is 0.929. The van der Waals surface area contributed by atoms with E-state index in [9.17, 15) is 9.90 Å². The van der Waals surface area contributed by atoms with Crippen LogP contribution in [-0.4, -0.2) is 60.1 Å². The molecule has 0 spiro atoms. The van der Waals surface area contributed by atoms with Gasteiger partial charge in [0.05, 0.1) is 16.7 Å².